The van der Waals surface area contributed by atoms with Crippen molar-refractivity contribution < 1.29 is 9.47 Å². The second-order valence-electron chi connectivity index (χ2n) is 6.76. The van der Waals surface area contributed by atoms with Crippen molar-refractivity contribution in [1.29, 1.82) is 0 Å². The summed E-state index contributed by atoms with van der Waals surface area (Å²) in [5.74, 6) is 2.52. The molecule has 0 aliphatic carbocycles. The summed E-state index contributed by atoms with van der Waals surface area (Å²) >= 11 is 1.89. The van der Waals surface area contributed by atoms with Crippen LogP contribution in [0.25, 0.3) is 0 Å². The van der Waals surface area contributed by atoms with Crippen LogP contribution in [0.3, 0.4) is 0 Å². The lowest BCUT2D eigenvalue weighted by atomic mass is 10.1. The number of rotatable bonds is 6. The summed E-state index contributed by atoms with van der Waals surface area (Å²) in [5, 5.41) is 9.01. The molecule has 1 aromatic carbocycles. The van der Waals surface area contributed by atoms with Crippen LogP contribution < -0.4 is 20.1 Å². The van der Waals surface area contributed by atoms with E-state index in [1.54, 1.807) is 4.88 Å². The maximum absolute atomic E-state index is 5.43. The molecule has 2 N–H and O–H groups in total. The van der Waals surface area contributed by atoms with Crippen LogP contribution in [0.2, 0.25) is 0 Å². The monoisotopic (exact) mass is 514 g/mol. The van der Waals surface area contributed by atoms with Gasteiger partial charge in [-0.2, -0.15) is 0 Å². The van der Waals surface area contributed by atoms with Crippen LogP contribution in [0.5, 0.6) is 11.5 Å². The molecule has 0 amide bonds. The van der Waals surface area contributed by atoms with Crippen molar-refractivity contribution in [3.8, 4) is 11.5 Å². The standard InChI is InChI=1S/C20H26N4O2S.HI/c1-21-20(22-7-4-15-2-3-17-18(12-15)26-14-25-17)23-8-10-24-9-5-19-16(13-24)6-11-27-19;/h2-3,6,11-12H,4-5,7-10,13-14H2,1H3,(H2,21,22,23);1H. The molecule has 0 atom stereocenters. The highest BCUT2D eigenvalue weighted by molar-refractivity contribution is 14.0. The van der Waals surface area contributed by atoms with Crippen LogP contribution in [-0.2, 0) is 19.4 Å². The zero-order valence-corrected chi connectivity index (χ0v) is 19.2. The Labute approximate surface area is 187 Å². The minimum Gasteiger partial charge on any atom is -0.454 e. The van der Waals surface area contributed by atoms with Crippen molar-refractivity contribution in [3.63, 3.8) is 0 Å². The summed E-state index contributed by atoms with van der Waals surface area (Å²) in [7, 11) is 1.81. The fourth-order valence-electron chi connectivity index (χ4n) is 3.47. The lowest BCUT2D eigenvalue weighted by Gasteiger charge is -2.27. The van der Waals surface area contributed by atoms with E-state index in [1.165, 1.54) is 17.5 Å². The molecular formula is C20H27IN4O2S. The van der Waals surface area contributed by atoms with E-state index in [0.29, 0.717) is 6.79 Å². The van der Waals surface area contributed by atoms with Crippen LogP contribution in [-0.4, -0.2) is 50.9 Å². The highest BCUT2D eigenvalue weighted by Gasteiger charge is 2.16. The largest absolute Gasteiger partial charge is 0.454 e. The van der Waals surface area contributed by atoms with E-state index in [2.05, 4.69) is 44.1 Å². The Bertz CT molecular complexity index is 811. The van der Waals surface area contributed by atoms with Crippen molar-refractivity contribution in [3.05, 3.63) is 45.6 Å². The smallest absolute Gasteiger partial charge is 0.231 e. The van der Waals surface area contributed by atoms with Gasteiger partial charge in [-0.1, -0.05) is 6.07 Å². The molecule has 0 unspecified atom stereocenters. The molecule has 2 aliphatic heterocycles. The van der Waals surface area contributed by atoms with Crippen molar-refractivity contribution in [2.75, 3.05) is 40.0 Å². The van der Waals surface area contributed by atoms with Crippen molar-refractivity contribution in [2.45, 2.75) is 19.4 Å². The number of ether oxygens (including phenoxy) is 2. The topological polar surface area (TPSA) is 58.1 Å². The maximum Gasteiger partial charge on any atom is 0.231 e. The highest BCUT2D eigenvalue weighted by Crippen LogP contribution is 2.32. The van der Waals surface area contributed by atoms with Crippen LogP contribution >= 0.6 is 35.3 Å². The van der Waals surface area contributed by atoms with Gasteiger partial charge in [-0.15, -0.1) is 35.3 Å². The van der Waals surface area contributed by atoms with E-state index < -0.39 is 0 Å². The molecule has 4 rings (SSSR count). The van der Waals surface area contributed by atoms with Gasteiger partial charge in [-0.25, -0.2) is 0 Å². The Kier molecular flexibility index (Phi) is 7.81. The zero-order chi connectivity index (χ0) is 18.5. The van der Waals surface area contributed by atoms with Gasteiger partial charge in [0.05, 0.1) is 0 Å². The Hall–Kier alpha value is -1.52. The molecule has 0 saturated heterocycles. The van der Waals surface area contributed by atoms with E-state index in [4.69, 9.17) is 9.47 Å². The van der Waals surface area contributed by atoms with Crippen molar-refractivity contribution in [1.82, 2.24) is 15.5 Å². The van der Waals surface area contributed by atoms with Crippen LogP contribution in [0.4, 0.5) is 0 Å². The number of halogens is 1. The maximum atomic E-state index is 5.43. The zero-order valence-electron chi connectivity index (χ0n) is 16.1. The Morgan fingerprint density at radius 3 is 2.93 bits per heavy atom. The van der Waals surface area contributed by atoms with E-state index in [1.807, 2.05) is 24.5 Å². The van der Waals surface area contributed by atoms with E-state index in [-0.39, 0.29) is 24.0 Å². The van der Waals surface area contributed by atoms with Gasteiger partial charge in [0.15, 0.2) is 17.5 Å². The average Bonchev–Trinajstić information content (AvgIpc) is 3.35. The SMILES string of the molecule is CN=C(NCCc1ccc2c(c1)OCO2)NCCN1CCc2sccc2C1.I. The molecule has 2 aliphatic rings. The normalized spacial score (nSPS) is 15.7. The van der Waals surface area contributed by atoms with Crippen LogP contribution in [0, 0.1) is 0 Å². The summed E-state index contributed by atoms with van der Waals surface area (Å²) in [6.45, 7) is 5.27. The van der Waals surface area contributed by atoms with Gasteiger partial charge in [-0.05, 0) is 47.5 Å². The van der Waals surface area contributed by atoms with E-state index >= 15 is 0 Å². The second kappa shape index (κ2) is 10.3. The number of aliphatic imine (C=N–C) groups is 1. The first-order chi connectivity index (χ1) is 13.3. The molecule has 2 aromatic rings. The molecule has 28 heavy (non-hydrogen) atoms. The first kappa shape index (κ1) is 21.2. The summed E-state index contributed by atoms with van der Waals surface area (Å²) in [4.78, 5) is 8.38. The van der Waals surface area contributed by atoms with E-state index in [0.717, 1.165) is 56.6 Å². The number of guanidine groups is 1. The fourth-order valence-corrected chi connectivity index (χ4v) is 4.36. The summed E-state index contributed by atoms with van der Waals surface area (Å²) in [6, 6.07) is 8.37. The Balaban J connectivity index is 0.00000225. The fraction of sp³-hybridized carbons (Fsp3) is 0.450. The second-order valence-corrected chi connectivity index (χ2v) is 7.76. The molecule has 0 saturated carbocycles. The van der Waals surface area contributed by atoms with Gasteiger partial charge in [0, 0.05) is 44.6 Å². The molecule has 0 fully saturated rings. The van der Waals surface area contributed by atoms with Gasteiger partial charge in [0.2, 0.25) is 6.79 Å². The summed E-state index contributed by atoms with van der Waals surface area (Å²) in [6.07, 6.45) is 2.08. The van der Waals surface area contributed by atoms with Gasteiger partial charge in [0.1, 0.15) is 0 Å². The molecular weight excluding hydrogens is 487 g/mol. The first-order valence-electron chi connectivity index (χ1n) is 9.42. The van der Waals surface area contributed by atoms with Gasteiger partial charge >= 0.3 is 0 Å². The molecule has 6 nitrogen and oxygen atoms in total. The van der Waals surface area contributed by atoms with Gasteiger partial charge in [-0.3, -0.25) is 9.89 Å². The number of thiophene rings is 1. The summed E-state index contributed by atoms with van der Waals surface area (Å²) < 4.78 is 10.8. The predicted octanol–water partition coefficient (Wildman–Crippen LogP) is 2.86. The molecule has 3 heterocycles. The molecule has 1 aromatic heterocycles. The molecule has 0 bridgehead atoms. The predicted molar refractivity (Wildman–Crippen MR) is 124 cm³/mol. The quantitative estimate of drug-likeness (QED) is 0.353. The first-order valence-corrected chi connectivity index (χ1v) is 10.3. The lowest BCUT2D eigenvalue weighted by molar-refractivity contribution is 0.174. The van der Waals surface area contributed by atoms with Gasteiger partial charge in [0.25, 0.3) is 0 Å². The average molecular weight is 514 g/mol. The molecule has 0 spiro atoms. The number of hydrogen-bond acceptors (Lipinski definition) is 5. The van der Waals surface area contributed by atoms with E-state index in [9.17, 15) is 0 Å². The Morgan fingerprint density at radius 1 is 1.18 bits per heavy atom. The number of nitrogens with zero attached hydrogens (tertiary/aromatic N) is 2. The highest BCUT2D eigenvalue weighted by atomic mass is 127. The lowest BCUT2D eigenvalue weighted by Crippen LogP contribution is -2.43. The van der Waals surface area contributed by atoms with Crippen molar-refractivity contribution >= 4 is 41.3 Å². The third-order valence-corrected chi connectivity index (χ3v) is 6.00. The molecule has 0 radical (unpaired) electrons. The minimum absolute atomic E-state index is 0. The van der Waals surface area contributed by atoms with Crippen LogP contribution in [0.1, 0.15) is 16.0 Å². The number of hydrogen-bond donors (Lipinski definition) is 2. The van der Waals surface area contributed by atoms with Gasteiger partial charge < -0.3 is 20.1 Å². The third kappa shape index (κ3) is 5.30. The number of nitrogens with one attached hydrogen (secondary N) is 2. The number of benzene rings is 1. The Morgan fingerprint density at radius 2 is 2.04 bits per heavy atom. The molecule has 8 heteroatoms. The third-order valence-electron chi connectivity index (χ3n) is 4.97. The van der Waals surface area contributed by atoms with Crippen molar-refractivity contribution in [2.24, 2.45) is 4.99 Å². The minimum atomic E-state index is 0. The summed E-state index contributed by atoms with van der Waals surface area (Å²) in [5.41, 5.74) is 2.72. The number of fused-ring (bicyclic) bond motifs is 2. The molecule has 152 valence electrons. The van der Waals surface area contributed by atoms with Crippen LogP contribution in [0.15, 0.2) is 34.6 Å².